The molecule has 0 saturated heterocycles. The summed E-state index contributed by atoms with van der Waals surface area (Å²) in [4.78, 5) is 0. The van der Waals surface area contributed by atoms with Crippen LogP contribution in [-0.4, -0.2) is 16.2 Å². The van der Waals surface area contributed by atoms with Gasteiger partial charge < -0.3 is 14.9 Å². The third kappa shape index (κ3) is 9.74. The Bertz CT molecular complexity index is 437. The van der Waals surface area contributed by atoms with Gasteiger partial charge in [-0.1, -0.05) is 83.4 Å². The predicted molar refractivity (Wildman–Crippen MR) is 100.0 cm³/mol. The predicted octanol–water partition coefficient (Wildman–Crippen LogP) is 5.35. The van der Waals surface area contributed by atoms with E-state index in [2.05, 4.69) is 13.5 Å². The minimum Gasteiger partial charge on any atom is -0.436 e. The van der Waals surface area contributed by atoms with Crippen molar-refractivity contribution in [1.29, 1.82) is 0 Å². The lowest BCUT2D eigenvalue weighted by molar-refractivity contribution is -0.253. The molecule has 0 spiro atoms. The molecule has 2 N–H and O–H groups in total. The molecule has 0 bridgehead atoms. The Balaban J connectivity index is 2.08. The van der Waals surface area contributed by atoms with Gasteiger partial charge in [-0.05, 0) is 30.5 Å². The van der Waals surface area contributed by atoms with E-state index in [9.17, 15) is 10.2 Å². The van der Waals surface area contributed by atoms with Gasteiger partial charge in [-0.15, -0.1) is 0 Å². The first-order chi connectivity index (χ1) is 11.6. The van der Waals surface area contributed by atoms with Crippen molar-refractivity contribution in [1.82, 2.24) is 0 Å². The maximum absolute atomic E-state index is 9.37. The minimum atomic E-state index is -2.31. The van der Waals surface area contributed by atoms with Gasteiger partial charge in [0.25, 0.3) is 0 Å². The molecule has 0 radical (unpaired) electrons. The molecule has 0 aliphatic carbocycles. The van der Waals surface area contributed by atoms with E-state index in [0.717, 1.165) is 12.5 Å². The lowest BCUT2D eigenvalue weighted by atomic mass is 10.0. The molecular formula is C21H34O3. The molecule has 0 heterocycles. The summed E-state index contributed by atoms with van der Waals surface area (Å²) in [5.74, 6) is -1.88. The van der Waals surface area contributed by atoms with Gasteiger partial charge in [-0.25, -0.2) is 0 Å². The molecule has 3 heteroatoms. The third-order valence-electron chi connectivity index (χ3n) is 4.28. The van der Waals surface area contributed by atoms with Gasteiger partial charge in [0.1, 0.15) is 5.75 Å². The number of benzene rings is 1. The summed E-state index contributed by atoms with van der Waals surface area (Å²) in [5.41, 5.74) is 1.25. The third-order valence-corrected chi connectivity index (χ3v) is 4.28. The standard InChI is InChI=1S/C21H34O3/c1-3-5-6-7-8-9-10-11-12-13-14-19-15-17-20(18-16-19)24-21(22,23)4-2/h4,15-18,22-23H,2-3,5-14H2,1H3. The van der Waals surface area contributed by atoms with Crippen LogP contribution in [0.3, 0.4) is 0 Å². The van der Waals surface area contributed by atoms with E-state index >= 15 is 0 Å². The fraction of sp³-hybridized carbons (Fsp3) is 0.619. The van der Waals surface area contributed by atoms with Crippen molar-refractivity contribution in [3.8, 4) is 5.75 Å². The zero-order valence-electron chi connectivity index (χ0n) is 15.2. The van der Waals surface area contributed by atoms with Crippen molar-refractivity contribution in [3.63, 3.8) is 0 Å². The molecule has 1 aromatic carbocycles. The number of hydrogen-bond donors (Lipinski definition) is 2. The van der Waals surface area contributed by atoms with Crippen molar-refractivity contribution >= 4 is 0 Å². The Labute approximate surface area is 147 Å². The normalized spacial score (nSPS) is 11.5. The first-order valence-corrected chi connectivity index (χ1v) is 9.43. The summed E-state index contributed by atoms with van der Waals surface area (Å²) in [6, 6.07) is 7.47. The monoisotopic (exact) mass is 334 g/mol. The topological polar surface area (TPSA) is 49.7 Å². The van der Waals surface area contributed by atoms with Crippen molar-refractivity contribution in [2.24, 2.45) is 0 Å². The van der Waals surface area contributed by atoms with Crippen molar-refractivity contribution in [2.75, 3.05) is 0 Å². The summed E-state index contributed by atoms with van der Waals surface area (Å²) in [5, 5.41) is 18.7. The van der Waals surface area contributed by atoms with E-state index in [1.54, 1.807) is 12.1 Å². The second-order valence-corrected chi connectivity index (χ2v) is 6.54. The van der Waals surface area contributed by atoms with Crippen LogP contribution in [0.15, 0.2) is 36.9 Å². The minimum absolute atomic E-state index is 0.423. The molecule has 1 rings (SSSR count). The quantitative estimate of drug-likeness (QED) is 0.274. The number of rotatable bonds is 14. The first-order valence-electron chi connectivity index (χ1n) is 9.43. The fourth-order valence-corrected chi connectivity index (χ4v) is 2.76. The van der Waals surface area contributed by atoms with Gasteiger partial charge in [0, 0.05) is 6.08 Å². The maximum Gasteiger partial charge on any atom is 0.343 e. The summed E-state index contributed by atoms with van der Waals surface area (Å²) >= 11 is 0. The fourth-order valence-electron chi connectivity index (χ4n) is 2.76. The van der Waals surface area contributed by atoms with Crippen LogP contribution in [0.5, 0.6) is 5.75 Å². The number of ether oxygens (including phenoxy) is 1. The molecule has 0 saturated carbocycles. The molecule has 1 aromatic rings. The highest BCUT2D eigenvalue weighted by atomic mass is 16.8. The highest BCUT2D eigenvalue weighted by molar-refractivity contribution is 5.27. The smallest absolute Gasteiger partial charge is 0.343 e. The van der Waals surface area contributed by atoms with E-state index in [1.807, 2.05) is 12.1 Å². The van der Waals surface area contributed by atoms with Crippen LogP contribution in [0, 0.1) is 0 Å². The van der Waals surface area contributed by atoms with E-state index in [-0.39, 0.29) is 0 Å². The molecule has 0 amide bonds. The van der Waals surface area contributed by atoms with Crippen LogP contribution in [0.4, 0.5) is 0 Å². The molecule has 0 aliphatic heterocycles. The largest absolute Gasteiger partial charge is 0.436 e. The zero-order chi connectivity index (χ0) is 17.7. The molecule has 0 aromatic heterocycles. The van der Waals surface area contributed by atoms with Crippen LogP contribution in [0.25, 0.3) is 0 Å². The van der Waals surface area contributed by atoms with E-state index in [1.165, 1.54) is 69.8 Å². The summed E-state index contributed by atoms with van der Waals surface area (Å²) < 4.78 is 5.00. The van der Waals surface area contributed by atoms with Crippen LogP contribution in [0.2, 0.25) is 0 Å². The zero-order valence-corrected chi connectivity index (χ0v) is 15.2. The van der Waals surface area contributed by atoms with Gasteiger partial charge in [0.15, 0.2) is 0 Å². The van der Waals surface area contributed by atoms with E-state index in [4.69, 9.17) is 4.74 Å². The van der Waals surface area contributed by atoms with E-state index < -0.39 is 5.97 Å². The molecule has 0 atom stereocenters. The van der Waals surface area contributed by atoms with Gasteiger partial charge in [-0.3, -0.25) is 0 Å². The second kappa shape index (κ2) is 12.1. The Morgan fingerprint density at radius 3 is 1.88 bits per heavy atom. The molecule has 0 unspecified atom stereocenters. The lowest BCUT2D eigenvalue weighted by Gasteiger charge is -2.18. The molecule has 24 heavy (non-hydrogen) atoms. The van der Waals surface area contributed by atoms with Crippen molar-refractivity contribution < 1.29 is 14.9 Å². The number of hydrogen-bond acceptors (Lipinski definition) is 3. The van der Waals surface area contributed by atoms with Crippen LogP contribution in [0.1, 0.15) is 76.7 Å². The average molecular weight is 334 g/mol. The maximum atomic E-state index is 9.37. The van der Waals surface area contributed by atoms with Crippen LogP contribution >= 0.6 is 0 Å². The van der Waals surface area contributed by atoms with Gasteiger partial charge in [-0.2, -0.15) is 0 Å². The summed E-state index contributed by atoms with van der Waals surface area (Å²) in [6.45, 7) is 5.57. The van der Waals surface area contributed by atoms with Gasteiger partial charge in [0.05, 0.1) is 0 Å². The lowest BCUT2D eigenvalue weighted by Crippen LogP contribution is -2.32. The number of aryl methyl sites for hydroxylation is 1. The van der Waals surface area contributed by atoms with Gasteiger partial charge >= 0.3 is 5.97 Å². The number of aliphatic hydroxyl groups is 2. The SMILES string of the molecule is C=CC(O)(O)Oc1ccc(CCCCCCCCCCCC)cc1. The summed E-state index contributed by atoms with van der Waals surface area (Å²) in [7, 11) is 0. The Kier molecular flexibility index (Phi) is 10.4. The summed E-state index contributed by atoms with van der Waals surface area (Å²) in [6.07, 6.45) is 15.4. The number of unbranched alkanes of at least 4 members (excludes halogenated alkanes) is 9. The second-order valence-electron chi connectivity index (χ2n) is 6.54. The Morgan fingerprint density at radius 1 is 0.875 bits per heavy atom. The molecule has 0 aliphatic rings. The van der Waals surface area contributed by atoms with Crippen LogP contribution < -0.4 is 4.74 Å². The molecule has 0 fully saturated rings. The van der Waals surface area contributed by atoms with Gasteiger partial charge in [0.2, 0.25) is 0 Å². The first kappa shape index (κ1) is 20.7. The molecule has 136 valence electrons. The Hall–Kier alpha value is -1.32. The van der Waals surface area contributed by atoms with Crippen LogP contribution in [-0.2, 0) is 6.42 Å². The molecule has 3 nitrogen and oxygen atoms in total. The highest BCUT2D eigenvalue weighted by Crippen LogP contribution is 2.18. The Morgan fingerprint density at radius 2 is 1.38 bits per heavy atom. The van der Waals surface area contributed by atoms with Crippen molar-refractivity contribution in [2.45, 2.75) is 83.5 Å². The van der Waals surface area contributed by atoms with E-state index in [0.29, 0.717) is 5.75 Å². The average Bonchev–Trinajstić information content (AvgIpc) is 2.58. The highest BCUT2D eigenvalue weighted by Gasteiger charge is 2.19. The van der Waals surface area contributed by atoms with Crippen molar-refractivity contribution in [3.05, 3.63) is 42.5 Å². The molecular weight excluding hydrogens is 300 g/mol.